The first kappa shape index (κ1) is 20.4. The van der Waals surface area contributed by atoms with Crippen LogP contribution in [0.3, 0.4) is 0 Å². The van der Waals surface area contributed by atoms with Gasteiger partial charge in [0.15, 0.2) is 0 Å². The summed E-state index contributed by atoms with van der Waals surface area (Å²) >= 11 is 1.66. The number of rotatable bonds is 5. The molecule has 0 spiro atoms. The molecule has 1 aromatic carbocycles. The zero-order valence-corrected chi connectivity index (χ0v) is 18.2. The third-order valence-electron chi connectivity index (χ3n) is 6.34. The van der Waals surface area contributed by atoms with E-state index in [1.54, 1.807) is 11.3 Å². The number of benzene rings is 1. The summed E-state index contributed by atoms with van der Waals surface area (Å²) in [6.07, 6.45) is 6.64. The summed E-state index contributed by atoms with van der Waals surface area (Å²) in [4.78, 5) is 16.8. The van der Waals surface area contributed by atoms with Gasteiger partial charge in [0.1, 0.15) is 0 Å². The molecule has 5 nitrogen and oxygen atoms in total. The molecule has 0 atom stereocenters. The van der Waals surface area contributed by atoms with Crippen LogP contribution < -0.4 is 16.2 Å². The quantitative estimate of drug-likeness (QED) is 0.494. The maximum atomic E-state index is 12.3. The number of nitrogens with zero attached hydrogens (tertiary/aromatic N) is 1. The average molecular weight is 414 g/mol. The van der Waals surface area contributed by atoms with Gasteiger partial charge in [0.2, 0.25) is 0 Å². The van der Waals surface area contributed by atoms with Crippen LogP contribution in [-0.4, -0.2) is 24.2 Å². The molecule has 1 aromatic heterocycles. The Hall–Kier alpha value is -1.89. The number of fused-ring (bicyclic) bond motifs is 1. The standard InChI is InChI=1S/C23H31N3O2S/c1-23(2)9-8-19-18(13-23)20(22(27)28)21(29-19)17-7-6-16(12-15(17)14-25-24)26-10-4-3-5-11-26/h6-7,12,25H,3-5,8-11,13-14,24H2,1-2H3,(H,27,28). The Morgan fingerprint density at radius 1 is 1.28 bits per heavy atom. The number of aromatic carboxylic acids is 1. The van der Waals surface area contributed by atoms with Gasteiger partial charge < -0.3 is 10.0 Å². The normalized spacial score (nSPS) is 18.5. The third kappa shape index (κ3) is 4.06. The van der Waals surface area contributed by atoms with Gasteiger partial charge in [-0.2, -0.15) is 0 Å². The number of carboxylic acid groups (broad SMARTS) is 1. The molecule has 156 valence electrons. The minimum Gasteiger partial charge on any atom is -0.478 e. The van der Waals surface area contributed by atoms with Crippen LogP contribution in [0.1, 0.15) is 65.9 Å². The molecule has 0 amide bonds. The van der Waals surface area contributed by atoms with E-state index in [4.69, 9.17) is 5.84 Å². The lowest BCUT2D eigenvalue weighted by Gasteiger charge is -2.29. The molecule has 1 saturated heterocycles. The van der Waals surface area contributed by atoms with Crippen LogP contribution in [0, 0.1) is 5.41 Å². The summed E-state index contributed by atoms with van der Waals surface area (Å²) in [6.45, 7) is 7.14. The number of nitrogens with one attached hydrogen (secondary N) is 1. The van der Waals surface area contributed by atoms with Gasteiger partial charge in [-0.05, 0) is 72.8 Å². The summed E-state index contributed by atoms with van der Waals surface area (Å²) in [5.74, 6) is 4.87. The summed E-state index contributed by atoms with van der Waals surface area (Å²) in [5.41, 5.74) is 7.75. The highest BCUT2D eigenvalue weighted by Gasteiger charge is 2.33. The van der Waals surface area contributed by atoms with E-state index in [1.807, 2.05) is 0 Å². The Kier molecular flexibility index (Phi) is 5.69. The van der Waals surface area contributed by atoms with Crippen molar-refractivity contribution in [2.24, 2.45) is 11.3 Å². The second-order valence-corrected chi connectivity index (χ2v) is 10.2. The fourth-order valence-corrected chi connectivity index (χ4v) is 6.11. The number of hydrogen-bond donors (Lipinski definition) is 3. The Balaban J connectivity index is 1.79. The fraction of sp³-hybridized carbons (Fsp3) is 0.522. The van der Waals surface area contributed by atoms with E-state index in [2.05, 4.69) is 42.4 Å². The maximum Gasteiger partial charge on any atom is 0.337 e. The molecule has 2 aliphatic rings. The van der Waals surface area contributed by atoms with E-state index < -0.39 is 5.97 Å². The number of hydrazine groups is 1. The molecule has 0 unspecified atom stereocenters. The second-order valence-electron chi connectivity index (χ2n) is 9.12. The van der Waals surface area contributed by atoms with Crippen molar-refractivity contribution in [3.8, 4) is 10.4 Å². The molecule has 1 fully saturated rings. The summed E-state index contributed by atoms with van der Waals surface area (Å²) in [6, 6.07) is 6.44. The van der Waals surface area contributed by atoms with Gasteiger partial charge in [0.05, 0.1) is 5.56 Å². The number of nitrogens with two attached hydrogens (primary N) is 1. The minimum absolute atomic E-state index is 0.148. The lowest BCUT2D eigenvalue weighted by Crippen LogP contribution is -2.29. The number of piperidine rings is 1. The lowest BCUT2D eigenvalue weighted by atomic mass is 9.76. The van der Waals surface area contributed by atoms with Gasteiger partial charge in [0, 0.05) is 35.1 Å². The molecule has 29 heavy (non-hydrogen) atoms. The first-order valence-electron chi connectivity index (χ1n) is 10.6. The molecule has 4 N–H and O–H groups in total. The van der Waals surface area contributed by atoms with Crippen LogP contribution in [0.4, 0.5) is 5.69 Å². The Bertz CT molecular complexity index is 913. The van der Waals surface area contributed by atoms with Crippen molar-refractivity contribution in [1.29, 1.82) is 0 Å². The largest absolute Gasteiger partial charge is 0.478 e. The number of carboxylic acids is 1. The topological polar surface area (TPSA) is 78.6 Å². The summed E-state index contributed by atoms with van der Waals surface area (Å²) < 4.78 is 0. The van der Waals surface area contributed by atoms with Crippen molar-refractivity contribution in [3.63, 3.8) is 0 Å². The van der Waals surface area contributed by atoms with Gasteiger partial charge in [-0.25, -0.2) is 4.79 Å². The molecule has 0 saturated carbocycles. The van der Waals surface area contributed by atoms with Gasteiger partial charge >= 0.3 is 5.97 Å². The highest BCUT2D eigenvalue weighted by atomic mass is 32.1. The van der Waals surface area contributed by atoms with E-state index in [-0.39, 0.29) is 5.41 Å². The molecule has 4 rings (SSSR count). The van der Waals surface area contributed by atoms with E-state index >= 15 is 0 Å². The van der Waals surface area contributed by atoms with Crippen molar-refractivity contribution in [2.45, 2.75) is 58.9 Å². The first-order chi connectivity index (χ1) is 13.9. The fourth-order valence-electron chi connectivity index (χ4n) is 4.74. The van der Waals surface area contributed by atoms with E-state index in [0.29, 0.717) is 12.1 Å². The van der Waals surface area contributed by atoms with Crippen molar-refractivity contribution in [2.75, 3.05) is 18.0 Å². The number of carbonyl (C=O) groups is 1. The molecular weight excluding hydrogens is 382 g/mol. The number of thiophene rings is 1. The summed E-state index contributed by atoms with van der Waals surface area (Å²) in [7, 11) is 0. The molecule has 2 heterocycles. The average Bonchev–Trinajstić information content (AvgIpc) is 3.06. The number of hydrogen-bond acceptors (Lipinski definition) is 5. The van der Waals surface area contributed by atoms with Crippen LogP contribution in [-0.2, 0) is 19.4 Å². The monoisotopic (exact) mass is 413 g/mol. The molecule has 0 bridgehead atoms. The zero-order chi connectivity index (χ0) is 20.6. The Morgan fingerprint density at radius 2 is 2.03 bits per heavy atom. The second kappa shape index (κ2) is 8.09. The van der Waals surface area contributed by atoms with Gasteiger partial charge in [0.25, 0.3) is 0 Å². The summed E-state index contributed by atoms with van der Waals surface area (Å²) in [5, 5.41) is 10.1. The third-order valence-corrected chi connectivity index (χ3v) is 7.66. The van der Waals surface area contributed by atoms with Crippen molar-refractivity contribution >= 4 is 23.0 Å². The van der Waals surface area contributed by atoms with Crippen molar-refractivity contribution in [3.05, 3.63) is 39.8 Å². The van der Waals surface area contributed by atoms with E-state index in [0.717, 1.165) is 53.9 Å². The Morgan fingerprint density at radius 3 is 2.72 bits per heavy atom. The van der Waals surface area contributed by atoms with Gasteiger partial charge in [-0.3, -0.25) is 11.3 Å². The predicted molar refractivity (Wildman–Crippen MR) is 120 cm³/mol. The highest BCUT2D eigenvalue weighted by Crippen LogP contribution is 2.46. The maximum absolute atomic E-state index is 12.3. The molecular formula is C23H31N3O2S. The van der Waals surface area contributed by atoms with Crippen LogP contribution in [0.5, 0.6) is 0 Å². The first-order valence-corrected chi connectivity index (χ1v) is 11.4. The number of aryl methyl sites for hydroxylation is 1. The van der Waals surface area contributed by atoms with Crippen molar-refractivity contribution in [1.82, 2.24) is 5.43 Å². The molecule has 2 aromatic rings. The highest BCUT2D eigenvalue weighted by molar-refractivity contribution is 7.16. The zero-order valence-electron chi connectivity index (χ0n) is 17.4. The number of anilines is 1. The van der Waals surface area contributed by atoms with E-state index in [1.165, 1.54) is 29.8 Å². The predicted octanol–water partition coefficient (Wildman–Crippen LogP) is 4.58. The van der Waals surface area contributed by atoms with Crippen molar-refractivity contribution < 1.29 is 9.90 Å². The minimum atomic E-state index is -0.818. The molecule has 6 heteroatoms. The van der Waals surface area contributed by atoms with Crippen LogP contribution in [0.2, 0.25) is 0 Å². The SMILES string of the molecule is CC1(C)CCc2sc(-c3ccc(N4CCCCC4)cc3CNN)c(C(=O)O)c2C1. The molecule has 1 aliphatic carbocycles. The van der Waals surface area contributed by atoms with Crippen LogP contribution >= 0.6 is 11.3 Å². The molecule has 0 radical (unpaired) electrons. The van der Waals surface area contributed by atoms with E-state index in [9.17, 15) is 9.90 Å². The smallest absolute Gasteiger partial charge is 0.337 e. The lowest BCUT2D eigenvalue weighted by molar-refractivity contribution is 0.0696. The van der Waals surface area contributed by atoms with Crippen LogP contribution in [0.25, 0.3) is 10.4 Å². The van der Waals surface area contributed by atoms with Gasteiger partial charge in [-0.15, -0.1) is 11.3 Å². The Labute approximate surface area is 176 Å². The molecule has 1 aliphatic heterocycles. The van der Waals surface area contributed by atoms with Crippen LogP contribution in [0.15, 0.2) is 18.2 Å². The van der Waals surface area contributed by atoms with Gasteiger partial charge in [-0.1, -0.05) is 19.9 Å².